The number of hydrogen-bond donors (Lipinski definition) is 2. The van der Waals surface area contributed by atoms with Gasteiger partial charge in [-0.05, 0) is 74.7 Å². The van der Waals surface area contributed by atoms with Crippen LogP contribution in [0.2, 0.25) is 5.02 Å². The molecule has 5 nitrogen and oxygen atoms in total. The number of aromatic nitrogens is 1. The molecule has 7 heteroatoms. The summed E-state index contributed by atoms with van der Waals surface area (Å²) in [7, 11) is 4.21. The smallest absolute Gasteiger partial charge is 0.170 e. The monoisotopic (exact) mass is 469 g/mol. The van der Waals surface area contributed by atoms with Crippen molar-refractivity contribution in [1.82, 2.24) is 9.88 Å². The zero-order valence-corrected chi connectivity index (χ0v) is 19.7. The Balaban J connectivity index is 1.74. The molecule has 0 bridgehead atoms. The second-order valence-electron chi connectivity index (χ2n) is 9.19. The van der Waals surface area contributed by atoms with Gasteiger partial charge in [0, 0.05) is 41.8 Å². The first-order chi connectivity index (χ1) is 15.9. The maximum absolute atomic E-state index is 14.1. The Morgan fingerprint density at radius 1 is 1.24 bits per heavy atom. The molecule has 2 N–H and O–H groups in total. The second-order valence-corrected chi connectivity index (χ2v) is 9.59. The average molecular weight is 470 g/mol. The number of pyridine rings is 1. The van der Waals surface area contributed by atoms with Gasteiger partial charge in [-0.25, -0.2) is 4.39 Å². The summed E-state index contributed by atoms with van der Waals surface area (Å²) in [6.45, 7) is 1.06. The van der Waals surface area contributed by atoms with E-state index < -0.39 is 11.6 Å². The van der Waals surface area contributed by atoms with Crippen molar-refractivity contribution in [2.75, 3.05) is 26.0 Å². The first kappa shape index (κ1) is 23.5. The predicted octanol–water partition coefficient (Wildman–Crippen LogP) is 5.67. The molecule has 0 aliphatic heterocycles. The fraction of sp³-hybridized carbons (Fsp3) is 0.385. The highest BCUT2D eigenvalue weighted by molar-refractivity contribution is 6.32. The number of hydrogen-bond acceptors (Lipinski definition) is 5. The maximum Gasteiger partial charge on any atom is 0.170 e. The summed E-state index contributed by atoms with van der Waals surface area (Å²) in [5, 5.41) is 14.3. The Morgan fingerprint density at radius 3 is 2.79 bits per heavy atom. The van der Waals surface area contributed by atoms with Crippen LogP contribution in [0.4, 0.5) is 10.1 Å². The highest BCUT2D eigenvalue weighted by Gasteiger charge is 2.24. The molecule has 0 saturated heterocycles. The van der Waals surface area contributed by atoms with Gasteiger partial charge in [0.05, 0.1) is 10.5 Å². The molecule has 1 saturated carbocycles. The van der Waals surface area contributed by atoms with Gasteiger partial charge in [0.1, 0.15) is 6.29 Å². The third kappa shape index (κ3) is 5.28. The number of phenols is 1. The zero-order valence-electron chi connectivity index (χ0n) is 18.9. The van der Waals surface area contributed by atoms with Crippen LogP contribution in [0.1, 0.15) is 31.2 Å². The van der Waals surface area contributed by atoms with Crippen LogP contribution in [0.15, 0.2) is 36.5 Å². The number of nitrogens with zero attached hydrogens (tertiary/aromatic N) is 2. The molecule has 1 aliphatic carbocycles. The van der Waals surface area contributed by atoms with Crippen molar-refractivity contribution in [1.29, 1.82) is 0 Å². The van der Waals surface area contributed by atoms with Crippen LogP contribution in [-0.4, -0.2) is 48.0 Å². The lowest BCUT2D eigenvalue weighted by Gasteiger charge is -2.32. The Morgan fingerprint density at radius 2 is 2.06 bits per heavy atom. The minimum Gasteiger partial charge on any atom is -0.504 e. The number of carbonyl (C=O) groups excluding carboxylic acids is 1. The van der Waals surface area contributed by atoms with Crippen molar-refractivity contribution in [2.24, 2.45) is 5.92 Å². The van der Waals surface area contributed by atoms with Gasteiger partial charge in [0.15, 0.2) is 11.6 Å². The number of aldehydes is 1. The van der Waals surface area contributed by atoms with Crippen LogP contribution in [0, 0.1) is 11.7 Å². The predicted molar refractivity (Wildman–Crippen MR) is 132 cm³/mol. The molecule has 0 radical (unpaired) electrons. The van der Waals surface area contributed by atoms with E-state index in [9.17, 15) is 14.3 Å². The largest absolute Gasteiger partial charge is 0.504 e. The number of rotatable bonds is 7. The van der Waals surface area contributed by atoms with Gasteiger partial charge in [0.25, 0.3) is 0 Å². The van der Waals surface area contributed by atoms with Crippen molar-refractivity contribution >= 4 is 34.5 Å². The minimum atomic E-state index is -0.766. The van der Waals surface area contributed by atoms with Gasteiger partial charge in [-0.2, -0.15) is 0 Å². The highest BCUT2D eigenvalue weighted by atomic mass is 35.5. The molecule has 0 spiro atoms. The van der Waals surface area contributed by atoms with Crippen LogP contribution < -0.4 is 5.32 Å². The molecule has 33 heavy (non-hydrogen) atoms. The van der Waals surface area contributed by atoms with Crippen LogP contribution in [0.25, 0.3) is 22.0 Å². The molecule has 0 amide bonds. The quantitative estimate of drug-likeness (QED) is 0.436. The maximum atomic E-state index is 14.1. The molecule has 174 valence electrons. The lowest BCUT2D eigenvalue weighted by Crippen LogP contribution is -2.32. The third-order valence-corrected chi connectivity index (χ3v) is 6.64. The summed E-state index contributed by atoms with van der Waals surface area (Å²) in [5.41, 5.74) is 3.87. The molecular weight excluding hydrogens is 441 g/mol. The van der Waals surface area contributed by atoms with Gasteiger partial charge in [-0.1, -0.05) is 24.1 Å². The summed E-state index contributed by atoms with van der Waals surface area (Å²) in [6.07, 6.45) is 7.46. The standard InChI is InChI=1S/C26H29ClFN3O2/c1-31(2)15-16-4-3-5-20(10-16)30-25-18(8-9-32)14-29-24-7-6-17(11-21(24)25)19-12-22(27)26(33)23(28)13-19/h6-7,9,11-14,16,20,33H,3-5,8,10,15H2,1-2H3,(H,29,30)/t16-,20-/m1/s1. The molecule has 2 aromatic carbocycles. The first-order valence-corrected chi connectivity index (χ1v) is 11.7. The molecule has 4 rings (SSSR count). The fourth-order valence-electron chi connectivity index (χ4n) is 4.87. The summed E-state index contributed by atoms with van der Waals surface area (Å²) in [5.74, 6) is -0.687. The van der Waals surface area contributed by atoms with Gasteiger partial charge in [-0.3, -0.25) is 4.98 Å². The SMILES string of the molecule is CN(C)C[C@@H]1CCC[C@@H](Nc2c(CC=O)cnc3ccc(-c4cc(F)c(O)c(Cl)c4)cc23)C1. The summed E-state index contributed by atoms with van der Waals surface area (Å²) >= 11 is 6.01. The van der Waals surface area contributed by atoms with Crippen molar-refractivity contribution in [3.05, 3.63) is 52.9 Å². The molecule has 1 fully saturated rings. The van der Waals surface area contributed by atoms with Crippen molar-refractivity contribution in [3.8, 4) is 16.9 Å². The highest BCUT2D eigenvalue weighted by Crippen LogP contribution is 2.36. The summed E-state index contributed by atoms with van der Waals surface area (Å²) in [6, 6.07) is 8.81. The van der Waals surface area contributed by atoms with Gasteiger partial charge in [0.2, 0.25) is 0 Å². The number of nitrogens with one attached hydrogen (secondary N) is 1. The molecule has 2 atom stereocenters. The van der Waals surface area contributed by atoms with E-state index in [1.165, 1.54) is 18.9 Å². The van der Waals surface area contributed by atoms with E-state index >= 15 is 0 Å². The number of carbonyl (C=O) groups is 1. The molecule has 1 aliphatic rings. The Hall–Kier alpha value is -2.70. The van der Waals surface area contributed by atoms with E-state index in [4.69, 9.17) is 11.6 Å². The first-order valence-electron chi connectivity index (χ1n) is 11.3. The number of halogens is 2. The lowest BCUT2D eigenvalue weighted by atomic mass is 9.85. The minimum absolute atomic E-state index is 0.0367. The molecule has 1 aromatic heterocycles. The number of benzene rings is 2. The van der Waals surface area contributed by atoms with E-state index in [1.807, 2.05) is 18.2 Å². The number of aromatic hydroxyl groups is 1. The molecular formula is C26H29ClFN3O2. The van der Waals surface area contributed by atoms with Crippen molar-refractivity contribution < 1.29 is 14.3 Å². The van der Waals surface area contributed by atoms with E-state index in [0.717, 1.165) is 53.4 Å². The Kier molecular flexibility index (Phi) is 7.15. The summed E-state index contributed by atoms with van der Waals surface area (Å²) in [4.78, 5) is 18.2. The van der Waals surface area contributed by atoms with Gasteiger partial charge in [-0.15, -0.1) is 0 Å². The van der Waals surface area contributed by atoms with Gasteiger partial charge >= 0.3 is 0 Å². The van der Waals surface area contributed by atoms with Gasteiger partial charge < -0.3 is 20.1 Å². The molecule has 1 heterocycles. The number of phenolic OH excluding ortho intramolecular Hbond substituents is 1. The topological polar surface area (TPSA) is 65.5 Å². The zero-order chi connectivity index (χ0) is 23.5. The lowest BCUT2D eigenvalue weighted by molar-refractivity contribution is -0.107. The average Bonchev–Trinajstić information content (AvgIpc) is 2.78. The normalized spacial score (nSPS) is 18.6. The van der Waals surface area contributed by atoms with Crippen LogP contribution in [-0.2, 0) is 11.2 Å². The van der Waals surface area contributed by atoms with E-state index in [1.54, 1.807) is 12.3 Å². The summed E-state index contributed by atoms with van der Waals surface area (Å²) < 4.78 is 14.1. The molecule has 0 unspecified atom stereocenters. The third-order valence-electron chi connectivity index (χ3n) is 6.35. The van der Waals surface area contributed by atoms with Crippen LogP contribution >= 0.6 is 11.6 Å². The Labute approximate surface area is 198 Å². The van der Waals surface area contributed by atoms with Crippen LogP contribution in [0.5, 0.6) is 5.75 Å². The Bertz CT molecular complexity index is 1140. The molecule has 3 aromatic rings. The van der Waals surface area contributed by atoms with E-state index in [2.05, 4.69) is 29.3 Å². The van der Waals surface area contributed by atoms with Crippen molar-refractivity contribution in [2.45, 2.75) is 38.1 Å². The van der Waals surface area contributed by atoms with Crippen LogP contribution in [0.3, 0.4) is 0 Å². The van der Waals surface area contributed by atoms with E-state index in [0.29, 0.717) is 17.5 Å². The van der Waals surface area contributed by atoms with Crippen molar-refractivity contribution in [3.63, 3.8) is 0 Å². The second kappa shape index (κ2) is 10.1. The number of fused-ring (bicyclic) bond motifs is 1. The van der Waals surface area contributed by atoms with E-state index in [-0.39, 0.29) is 11.4 Å². The fourth-order valence-corrected chi connectivity index (χ4v) is 5.08. The number of anilines is 1.